The Morgan fingerprint density at radius 1 is 1.10 bits per heavy atom. The summed E-state index contributed by atoms with van der Waals surface area (Å²) in [4.78, 5) is 0. The van der Waals surface area contributed by atoms with Crippen LogP contribution in [0.3, 0.4) is 0 Å². The standard InChI is InChI=1S/C15H13ClF3N/c1-20-14(11-8-10(17)5-6-12(11)18)7-9-3-2-4-13(19)15(9)16/h2-6,8,14,20H,7H2,1H3. The van der Waals surface area contributed by atoms with E-state index < -0.39 is 23.5 Å². The van der Waals surface area contributed by atoms with Crippen LogP contribution in [0.15, 0.2) is 36.4 Å². The van der Waals surface area contributed by atoms with Gasteiger partial charge in [-0.3, -0.25) is 0 Å². The maximum absolute atomic E-state index is 13.8. The van der Waals surface area contributed by atoms with Crippen LogP contribution in [0.2, 0.25) is 5.02 Å². The highest BCUT2D eigenvalue weighted by atomic mass is 35.5. The summed E-state index contributed by atoms with van der Waals surface area (Å²) in [5, 5.41) is 2.90. The molecule has 0 saturated carbocycles. The Morgan fingerprint density at radius 2 is 1.85 bits per heavy atom. The lowest BCUT2D eigenvalue weighted by molar-refractivity contribution is 0.521. The van der Waals surface area contributed by atoms with Crippen LogP contribution in [-0.2, 0) is 6.42 Å². The van der Waals surface area contributed by atoms with Gasteiger partial charge in [0.2, 0.25) is 0 Å². The Kier molecular flexibility index (Phi) is 4.68. The SMILES string of the molecule is CNC(Cc1cccc(F)c1Cl)c1cc(F)ccc1F. The molecule has 5 heteroatoms. The summed E-state index contributed by atoms with van der Waals surface area (Å²) in [5.74, 6) is -1.57. The largest absolute Gasteiger partial charge is 0.313 e. The smallest absolute Gasteiger partial charge is 0.142 e. The van der Waals surface area contributed by atoms with Crippen LogP contribution >= 0.6 is 11.6 Å². The minimum atomic E-state index is -0.529. The molecule has 0 saturated heterocycles. The van der Waals surface area contributed by atoms with E-state index in [-0.39, 0.29) is 17.0 Å². The highest BCUT2D eigenvalue weighted by Crippen LogP contribution is 2.27. The van der Waals surface area contributed by atoms with E-state index >= 15 is 0 Å². The van der Waals surface area contributed by atoms with Gasteiger partial charge in [-0.2, -0.15) is 0 Å². The topological polar surface area (TPSA) is 12.0 Å². The van der Waals surface area contributed by atoms with E-state index in [1.807, 2.05) is 0 Å². The third-order valence-electron chi connectivity index (χ3n) is 3.14. The second-order valence-electron chi connectivity index (χ2n) is 4.42. The van der Waals surface area contributed by atoms with Crippen molar-refractivity contribution in [1.29, 1.82) is 0 Å². The first kappa shape index (κ1) is 14.9. The van der Waals surface area contributed by atoms with Crippen LogP contribution in [0, 0.1) is 17.5 Å². The first-order chi connectivity index (χ1) is 9.52. The molecule has 1 N–H and O–H groups in total. The van der Waals surface area contributed by atoms with Gasteiger partial charge < -0.3 is 5.32 Å². The van der Waals surface area contributed by atoms with Crippen LogP contribution in [0.5, 0.6) is 0 Å². The molecule has 1 nitrogen and oxygen atoms in total. The predicted molar refractivity (Wildman–Crippen MR) is 73.3 cm³/mol. The Hall–Kier alpha value is -1.52. The molecule has 0 radical (unpaired) electrons. The second-order valence-corrected chi connectivity index (χ2v) is 4.80. The number of rotatable bonds is 4. The maximum Gasteiger partial charge on any atom is 0.142 e. The van der Waals surface area contributed by atoms with Gasteiger partial charge in [-0.05, 0) is 43.3 Å². The van der Waals surface area contributed by atoms with Gasteiger partial charge >= 0.3 is 0 Å². The van der Waals surface area contributed by atoms with E-state index in [1.54, 1.807) is 13.1 Å². The van der Waals surface area contributed by atoms with Gasteiger partial charge in [-0.15, -0.1) is 0 Å². The molecule has 0 amide bonds. The van der Waals surface area contributed by atoms with Crippen LogP contribution in [0.4, 0.5) is 13.2 Å². The minimum Gasteiger partial charge on any atom is -0.313 e. The van der Waals surface area contributed by atoms with E-state index in [0.717, 1.165) is 18.2 Å². The van der Waals surface area contributed by atoms with Crippen molar-refractivity contribution in [3.05, 3.63) is 70.0 Å². The van der Waals surface area contributed by atoms with Crippen LogP contribution in [-0.4, -0.2) is 7.05 Å². The number of hydrogen-bond donors (Lipinski definition) is 1. The van der Waals surface area contributed by atoms with Gasteiger partial charge in [-0.25, -0.2) is 13.2 Å². The zero-order valence-electron chi connectivity index (χ0n) is 10.8. The monoisotopic (exact) mass is 299 g/mol. The third kappa shape index (κ3) is 3.14. The zero-order chi connectivity index (χ0) is 14.7. The van der Waals surface area contributed by atoms with E-state index in [9.17, 15) is 13.2 Å². The molecule has 1 unspecified atom stereocenters. The summed E-state index contributed by atoms with van der Waals surface area (Å²) in [6, 6.07) is 7.21. The Labute approximate surface area is 120 Å². The molecule has 0 spiro atoms. The van der Waals surface area contributed by atoms with Crippen molar-refractivity contribution in [2.45, 2.75) is 12.5 Å². The van der Waals surface area contributed by atoms with Crippen LogP contribution in [0.1, 0.15) is 17.2 Å². The summed E-state index contributed by atoms with van der Waals surface area (Å²) >= 11 is 5.88. The van der Waals surface area contributed by atoms with Gasteiger partial charge in [0.05, 0.1) is 5.02 Å². The fourth-order valence-electron chi connectivity index (χ4n) is 2.08. The van der Waals surface area contributed by atoms with Gasteiger partial charge in [-0.1, -0.05) is 23.7 Å². The normalized spacial score (nSPS) is 12.4. The molecule has 20 heavy (non-hydrogen) atoms. The molecular formula is C15H13ClF3N. The van der Waals surface area contributed by atoms with Crippen molar-refractivity contribution >= 4 is 11.6 Å². The zero-order valence-corrected chi connectivity index (χ0v) is 11.5. The first-order valence-electron chi connectivity index (χ1n) is 6.08. The number of halogens is 4. The lowest BCUT2D eigenvalue weighted by Crippen LogP contribution is -2.20. The highest BCUT2D eigenvalue weighted by molar-refractivity contribution is 6.31. The van der Waals surface area contributed by atoms with Crippen molar-refractivity contribution in [3.63, 3.8) is 0 Å². The quantitative estimate of drug-likeness (QED) is 0.889. The Morgan fingerprint density at radius 3 is 2.55 bits per heavy atom. The third-order valence-corrected chi connectivity index (χ3v) is 3.56. The summed E-state index contributed by atoms with van der Waals surface area (Å²) < 4.78 is 40.4. The molecule has 0 aliphatic rings. The number of hydrogen-bond acceptors (Lipinski definition) is 1. The molecule has 0 aromatic heterocycles. The molecule has 0 bridgehead atoms. The molecule has 1 atom stereocenters. The lowest BCUT2D eigenvalue weighted by atomic mass is 9.98. The Balaban J connectivity index is 2.34. The van der Waals surface area contributed by atoms with Gasteiger partial charge in [0.15, 0.2) is 0 Å². The van der Waals surface area contributed by atoms with E-state index in [1.165, 1.54) is 12.1 Å². The average molecular weight is 300 g/mol. The van der Waals surface area contributed by atoms with Crippen molar-refractivity contribution in [2.24, 2.45) is 0 Å². The molecule has 2 rings (SSSR count). The molecule has 0 aliphatic carbocycles. The van der Waals surface area contributed by atoms with Gasteiger partial charge in [0.1, 0.15) is 17.5 Å². The van der Waals surface area contributed by atoms with Gasteiger partial charge in [0, 0.05) is 11.6 Å². The van der Waals surface area contributed by atoms with E-state index in [0.29, 0.717) is 5.56 Å². The molecule has 2 aromatic carbocycles. The molecular weight excluding hydrogens is 287 g/mol. The van der Waals surface area contributed by atoms with Crippen LogP contribution in [0.25, 0.3) is 0 Å². The average Bonchev–Trinajstić information content (AvgIpc) is 2.43. The number of nitrogens with one attached hydrogen (secondary N) is 1. The number of benzene rings is 2. The molecule has 2 aromatic rings. The van der Waals surface area contributed by atoms with Crippen molar-refractivity contribution in [1.82, 2.24) is 5.32 Å². The van der Waals surface area contributed by atoms with Gasteiger partial charge in [0.25, 0.3) is 0 Å². The predicted octanol–water partition coefficient (Wildman–Crippen LogP) is 4.26. The molecule has 0 fully saturated rings. The number of likely N-dealkylation sites (N-methyl/N-ethyl adjacent to an activating group) is 1. The summed E-state index contributed by atoms with van der Waals surface area (Å²) in [6.07, 6.45) is 0.257. The van der Waals surface area contributed by atoms with Crippen LogP contribution < -0.4 is 5.32 Å². The van der Waals surface area contributed by atoms with Crippen molar-refractivity contribution in [2.75, 3.05) is 7.05 Å². The second kappa shape index (κ2) is 6.29. The summed E-state index contributed by atoms with van der Waals surface area (Å²) in [7, 11) is 1.63. The fraction of sp³-hybridized carbons (Fsp3) is 0.200. The molecule has 0 aliphatic heterocycles. The maximum atomic E-state index is 13.8. The highest BCUT2D eigenvalue weighted by Gasteiger charge is 2.17. The van der Waals surface area contributed by atoms with Crippen molar-refractivity contribution in [3.8, 4) is 0 Å². The lowest BCUT2D eigenvalue weighted by Gasteiger charge is -2.18. The van der Waals surface area contributed by atoms with E-state index in [4.69, 9.17) is 11.6 Å². The Bertz CT molecular complexity index is 616. The molecule has 106 valence electrons. The fourth-order valence-corrected chi connectivity index (χ4v) is 2.28. The minimum absolute atomic E-state index is 0.00422. The van der Waals surface area contributed by atoms with E-state index in [2.05, 4.69) is 5.32 Å². The first-order valence-corrected chi connectivity index (χ1v) is 6.46. The summed E-state index contributed by atoms with van der Waals surface area (Å²) in [6.45, 7) is 0. The molecule has 0 heterocycles. The summed E-state index contributed by atoms with van der Waals surface area (Å²) in [5.41, 5.74) is 0.725. The van der Waals surface area contributed by atoms with Crippen molar-refractivity contribution < 1.29 is 13.2 Å².